The lowest BCUT2D eigenvalue weighted by Crippen LogP contribution is -2.19. The summed E-state index contributed by atoms with van der Waals surface area (Å²) in [6.07, 6.45) is 0. The summed E-state index contributed by atoms with van der Waals surface area (Å²) in [7, 11) is 0. The number of halogens is 1. The molecule has 0 aliphatic carbocycles. The average molecular weight is 275 g/mol. The van der Waals surface area contributed by atoms with E-state index in [-0.39, 0.29) is 0 Å². The van der Waals surface area contributed by atoms with Gasteiger partial charge in [0.1, 0.15) is 0 Å². The van der Waals surface area contributed by atoms with Crippen molar-refractivity contribution in [3.8, 4) is 12.1 Å². The number of hydrogen-bond donors (Lipinski definition) is 0. The van der Waals surface area contributed by atoms with Crippen LogP contribution in [0, 0.1) is 22.7 Å². The van der Waals surface area contributed by atoms with Gasteiger partial charge < -0.3 is 0 Å². The third-order valence-electron chi connectivity index (χ3n) is 2.24. The van der Waals surface area contributed by atoms with Gasteiger partial charge in [-0.1, -0.05) is 18.2 Å². The van der Waals surface area contributed by atoms with Crippen LogP contribution >= 0.6 is 11.6 Å². The van der Waals surface area contributed by atoms with Crippen molar-refractivity contribution in [1.82, 2.24) is 0 Å². The Hall–Kier alpha value is -1.51. The number of hydrogen-bond acceptors (Lipinski definition) is 2. The van der Waals surface area contributed by atoms with Crippen LogP contribution in [-0.4, -0.2) is 0 Å². The van der Waals surface area contributed by atoms with Crippen LogP contribution in [0.3, 0.4) is 0 Å². The molecular formula is C15H17ClN2. The van der Waals surface area contributed by atoms with Crippen LogP contribution in [0.25, 0.3) is 0 Å². The Morgan fingerprint density at radius 1 is 1.11 bits per heavy atom. The Labute approximate surface area is 133 Å². The molecule has 0 atom stereocenters. The Morgan fingerprint density at radius 3 is 1.83 bits per heavy atom. The lowest BCUT2D eigenvalue weighted by atomic mass is 9.79. The van der Waals surface area contributed by atoms with Gasteiger partial charge in [0, 0.05) is 25.0 Å². The molecule has 0 aromatic heterocycles. The first-order valence-corrected chi connectivity index (χ1v) is 5.00. The Morgan fingerprint density at radius 2 is 1.56 bits per heavy atom. The molecule has 0 saturated heterocycles. The molecule has 0 unspecified atom stereocenters. The maximum Gasteiger partial charge on any atom is 0.0766 e. The first kappa shape index (κ1) is 4.26. The average Bonchev–Trinajstić information content (AvgIpc) is 2.50. The predicted octanol–water partition coefficient (Wildman–Crippen LogP) is 4.03. The summed E-state index contributed by atoms with van der Waals surface area (Å²) in [6, 6.07) is 4.22. The van der Waals surface area contributed by atoms with Gasteiger partial charge >= 0.3 is 0 Å². The Balaban J connectivity index is 4.41. The molecule has 0 heterocycles. The second-order valence-corrected chi connectivity index (χ2v) is 3.81. The SMILES string of the molecule is [2H]C([2H])(Cl)c1cc(C(C#N)(C([2H])([2H])[2H])C([2H])([2H])[2H])cc(C(C#N)(C([2H])([2H])[2H])C([2H])([2H])[2H])c1. The molecule has 0 N–H and O–H groups in total. The molecule has 0 bridgehead atoms. The van der Waals surface area contributed by atoms with Gasteiger partial charge in [0.15, 0.2) is 0 Å². The van der Waals surface area contributed by atoms with E-state index in [9.17, 15) is 10.5 Å². The van der Waals surface area contributed by atoms with E-state index in [2.05, 4.69) is 0 Å². The summed E-state index contributed by atoms with van der Waals surface area (Å²) in [5.41, 5.74) is -9.22. The quantitative estimate of drug-likeness (QED) is 0.782. The van der Waals surface area contributed by atoms with Gasteiger partial charge in [0.05, 0.1) is 23.0 Å². The molecule has 0 fully saturated rings. The van der Waals surface area contributed by atoms with E-state index >= 15 is 0 Å². The van der Waals surface area contributed by atoms with Crippen LogP contribution in [0.1, 0.15) is 63.3 Å². The molecule has 3 heteroatoms. The summed E-state index contributed by atoms with van der Waals surface area (Å²) in [6.45, 7) is -14.2. The van der Waals surface area contributed by atoms with Gasteiger partial charge in [-0.15, -0.1) is 11.6 Å². The highest BCUT2D eigenvalue weighted by Crippen LogP contribution is 2.30. The second kappa shape index (κ2) is 5.01. The van der Waals surface area contributed by atoms with E-state index in [0.29, 0.717) is 18.2 Å². The summed E-state index contributed by atoms with van der Waals surface area (Å²) in [5, 5.41) is 19.4. The number of benzene rings is 1. The van der Waals surface area contributed by atoms with Crippen molar-refractivity contribution in [2.75, 3.05) is 0 Å². The number of alkyl halides is 1. The second-order valence-electron chi connectivity index (χ2n) is 3.62. The zero-order valence-corrected chi connectivity index (χ0v) is 9.76. The molecule has 0 radical (unpaired) electrons. The van der Waals surface area contributed by atoms with Crippen molar-refractivity contribution in [2.45, 2.75) is 44.1 Å². The molecular weight excluding hydrogens is 244 g/mol. The zero-order valence-electron chi connectivity index (χ0n) is 23.0. The highest BCUT2D eigenvalue weighted by molar-refractivity contribution is 6.17. The van der Waals surface area contributed by atoms with Gasteiger partial charge in [0.25, 0.3) is 0 Å². The molecule has 0 aliphatic heterocycles. The summed E-state index contributed by atoms with van der Waals surface area (Å²) < 4.78 is 108. The highest BCUT2D eigenvalue weighted by atomic mass is 35.5. The lowest BCUT2D eigenvalue weighted by Gasteiger charge is -2.22. The topological polar surface area (TPSA) is 47.6 Å². The van der Waals surface area contributed by atoms with E-state index < -0.39 is 60.8 Å². The Bertz CT molecular complexity index is 854. The van der Waals surface area contributed by atoms with Gasteiger partial charge in [0.2, 0.25) is 0 Å². The normalized spacial score (nSPS) is 26.8. The smallest absolute Gasteiger partial charge is 0.0766 e. The van der Waals surface area contributed by atoms with E-state index in [4.69, 9.17) is 30.8 Å². The lowest BCUT2D eigenvalue weighted by molar-refractivity contribution is 0.660. The molecule has 1 aromatic rings. The van der Waals surface area contributed by atoms with E-state index in [0.717, 1.165) is 0 Å². The van der Waals surface area contributed by atoms with Crippen LogP contribution in [0.15, 0.2) is 18.2 Å². The minimum atomic E-state index is -3.56. The monoisotopic (exact) mass is 274 g/mol. The minimum absolute atomic E-state index is 0.524. The summed E-state index contributed by atoms with van der Waals surface area (Å²) in [5.74, 6) is -2.87. The van der Waals surface area contributed by atoms with E-state index in [1.54, 1.807) is 0 Å². The van der Waals surface area contributed by atoms with Gasteiger partial charge in [-0.3, -0.25) is 0 Å². The van der Waals surface area contributed by atoms with E-state index in [1.165, 1.54) is 12.1 Å². The minimum Gasteiger partial charge on any atom is -0.197 e. The van der Waals surface area contributed by atoms with E-state index in [1.807, 2.05) is 0 Å². The zero-order chi connectivity index (χ0) is 25.8. The van der Waals surface area contributed by atoms with Crippen LogP contribution in [-0.2, 0) is 16.7 Å². The number of nitriles is 2. The molecule has 0 saturated carbocycles. The van der Waals surface area contributed by atoms with Crippen LogP contribution < -0.4 is 0 Å². The third-order valence-corrected chi connectivity index (χ3v) is 2.46. The van der Waals surface area contributed by atoms with Crippen molar-refractivity contribution in [1.29, 1.82) is 10.5 Å². The van der Waals surface area contributed by atoms with Crippen LogP contribution in [0.2, 0.25) is 0 Å². The van der Waals surface area contributed by atoms with Crippen molar-refractivity contribution < 1.29 is 19.2 Å². The predicted molar refractivity (Wildman–Crippen MR) is 73.3 cm³/mol. The summed E-state index contributed by atoms with van der Waals surface area (Å²) >= 11 is 5.65. The molecule has 0 aliphatic rings. The maximum absolute atomic E-state index is 9.68. The van der Waals surface area contributed by atoms with Gasteiger partial charge in [-0.05, 0) is 44.1 Å². The number of nitrogens with zero attached hydrogens (tertiary/aromatic N) is 2. The molecule has 1 aromatic carbocycles. The largest absolute Gasteiger partial charge is 0.197 e. The van der Waals surface area contributed by atoms with Crippen molar-refractivity contribution >= 4 is 11.6 Å². The molecule has 2 nitrogen and oxygen atoms in total. The first-order valence-electron chi connectivity index (χ1n) is 11.6. The number of rotatable bonds is 3. The fourth-order valence-electron chi connectivity index (χ4n) is 1.24. The molecule has 18 heavy (non-hydrogen) atoms. The maximum atomic E-state index is 9.68. The van der Waals surface area contributed by atoms with Gasteiger partial charge in [-0.25, -0.2) is 0 Å². The molecule has 1 rings (SSSR count). The van der Waals surface area contributed by atoms with Crippen LogP contribution in [0.5, 0.6) is 0 Å². The highest BCUT2D eigenvalue weighted by Gasteiger charge is 2.25. The molecule has 0 spiro atoms. The van der Waals surface area contributed by atoms with Gasteiger partial charge in [-0.2, -0.15) is 10.5 Å². The molecule has 0 amide bonds. The van der Waals surface area contributed by atoms with Crippen molar-refractivity contribution in [3.63, 3.8) is 0 Å². The van der Waals surface area contributed by atoms with Crippen molar-refractivity contribution in [3.05, 3.63) is 34.9 Å². The standard InChI is InChI=1S/C15H17ClN2/c1-14(2,9-17)12-5-11(8-16)6-13(7-12)15(3,4)10-18/h5-7H,8H2,1-4H3/i1D3,2D3,3D3,4D3,8D2. The fraction of sp³-hybridized carbons (Fsp3) is 0.467. The Kier molecular flexibility index (Phi) is 1.18. The van der Waals surface area contributed by atoms with Crippen LogP contribution in [0.4, 0.5) is 0 Å². The molecule has 94 valence electrons. The van der Waals surface area contributed by atoms with Crippen molar-refractivity contribution in [2.24, 2.45) is 0 Å². The third kappa shape index (κ3) is 2.84. The fourth-order valence-corrected chi connectivity index (χ4v) is 1.35. The first-order chi connectivity index (χ1) is 13.9. The summed E-state index contributed by atoms with van der Waals surface area (Å²) in [4.78, 5) is 0.